The number of carbonyl (C=O) groups excluding carboxylic acids is 2. The molecule has 7 nitrogen and oxygen atoms in total. The molecule has 2 aromatic carbocycles. The fourth-order valence-corrected chi connectivity index (χ4v) is 3.23. The lowest BCUT2D eigenvalue weighted by molar-refractivity contribution is 0.00569. The Balaban J connectivity index is 0.000000597. The van der Waals surface area contributed by atoms with Crippen molar-refractivity contribution in [2.45, 2.75) is 86.9 Å². The number of hydrogen-bond donors (Lipinski definition) is 1. The highest BCUT2D eigenvalue weighted by Crippen LogP contribution is 2.19. The molecule has 3 rings (SSSR count). The Hall–Kier alpha value is -2.71. The fourth-order valence-electron chi connectivity index (χ4n) is 2.99. The van der Waals surface area contributed by atoms with Crippen molar-refractivity contribution in [3.8, 4) is 0 Å². The van der Waals surface area contributed by atoms with Gasteiger partial charge in [-0.2, -0.15) is 0 Å². The molecular formula is C30H43BrO7. The molecule has 0 unspecified atom stereocenters. The highest BCUT2D eigenvalue weighted by atomic mass is 79.9. The summed E-state index contributed by atoms with van der Waals surface area (Å²) in [6.07, 6.45) is 2.56. The molecule has 0 saturated carbocycles. The maximum absolute atomic E-state index is 11.7. The molecule has 1 N–H and O–H groups in total. The van der Waals surface area contributed by atoms with Gasteiger partial charge in [0.25, 0.3) is 0 Å². The van der Waals surface area contributed by atoms with Crippen molar-refractivity contribution in [1.29, 1.82) is 0 Å². The van der Waals surface area contributed by atoms with Gasteiger partial charge < -0.3 is 19.3 Å². The fraction of sp³-hybridized carbons (Fsp3) is 0.500. The molecule has 0 radical (unpaired) electrons. The number of carboxylic acids is 1. The number of rotatable bonds is 3. The molecule has 1 heterocycles. The Morgan fingerprint density at radius 1 is 0.789 bits per heavy atom. The van der Waals surface area contributed by atoms with Crippen LogP contribution < -0.4 is 0 Å². The van der Waals surface area contributed by atoms with Crippen LogP contribution in [0.15, 0.2) is 40.9 Å². The van der Waals surface area contributed by atoms with Crippen molar-refractivity contribution in [3.63, 3.8) is 0 Å². The molecule has 0 spiro atoms. The van der Waals surface area contributed by atoms with Crippen LogP contribution in [-0.4, -0.2) is 47.4 Å². The quantitative estimate of drug-likeness (QED) is 0.362. The summed E-state index contributed by atoms with van der Waals surface area (Å²) >= 11 is 3.39. The molecular weight excluding hydrogens is 552 g/mol. The third kappa shape index (κ3) is 13.7. The van der Waals surface area contributed by atoms with Crippen LogP contribution in [0.2, 0.25) is 0 Å². The normalized spacial score (nSPS) is 12.6. The summed E-state index contributed by atoms with van der Waals surface area (Å²) in [5, 5.41) is 8.87. The van der Waals surface area contributed by atoms with Gasteiger partial charge in [0.2, 0.25) is 0 Å². The number of esters is 2. The van der Waals surface area contributed by atoms with E-state index in [2.05, 4.69) is 15.9 Å². The Morgan fingerprint density at radius 3 is 1.53 bits per heavy atom. The molecule has 8 heteroatoms. The highest BCUT2D eigenvalue weighted by molar-refractivity contribution is 9.10. The third-order valence-corrected chi connectivity index (χ3v) is 5.60. The first-order valence-electron chi connectivity index (χ1n) is 12.1. The first-order valence-corrected chi connectivity index (χ1v) is 12.9. The van der Waals surface area contributed by atoms with Crippen molar-refractivity contribution in [1.82, 2.24) is 0 Å². The van der Waals surface area contributed by atoms with Crippen molar-refractivity contribution in [2.75, 3.05) is 13.2 Å². The molecule has 2 aromatic rings. The van der Waals surface area contributed by atoms with Gasteiger partial charge in [0.15, 0.2) is 0 Å². The average Bonchev–Trinajstić information content (AvgIpc) is 3.33. The van der Waals surface area contributed by atoms with Gasteiger partial charge in [0.05, 0.1) is 16.7 Å². The van der Waals surface area contributed by atoms with Crippen LogP contribution >= 0.6 is 15.9 Å². The van der Waals surface area contributed by atoms with E-state index in [4.69, 9.17) is 19.3 Å². The zero-order chi connectivity index (χ0) is 28.4. The van der Waals surface area contributed by atoms with Crippen LogP contribution in [0, 0.1) is 13.8 Å². The van der Waals surface area contributed by atoms with E-state index in [1.165, 1.54) is 31.0 Å². The van der Waals surface area contributed by atoms with E-state index >= 15 is 0 Å². The Bertz CT molecular complexity index is 1070. The summed E-state index contributed by atoms with van der Waals surface area (Å²) in [6.45, 7) is 16.5. The minimum Gasteiger partial charge on any atom is -0.478 e. The lowest BCUT2D eigenvalue weighted by atomic mass is 10.1. The van der Waals surface area contributed by atoms with E-state index in [1.54, 1.807) is 33.8 Å². The van der Waals surface area contributed by atoms with Gasteiger partial charge in [-0.15, -0.1) is 0 Å². The lowest BCUT2D eigenvalue weighted by Gasteiger charge is -2.19. The molecule has 38 heavy (non-hydrogen) atoms. The number of halogens is 1. The average molecular weight is 596 g/mol. The summed E-state index contributed by atoms with van der Waals surface area (Å²) in [5.74, 6) is -1.73. The minimum absolute atomic E-state index is 0. The molecule has 0 aromatic heterocycles. The predicted octanol–water partition coefficient (Wildman–Crippen LogP) is 7.79. The van der Waals surface area contributed by atoms with E-state index in [-0.39, 0.29) is 19.0 Å². The van der Waals surface area contributed by atoms with Crippen LogP contribution in [0.25, 0.3) is 0 Å². The van der Waals surface area contributed by atoms with Gasteiger partial charge in [-0.3, -0.25) is 0 Å². The molecule has 1 aliphatic rings. The van der Waals surface area contributed by atoms with E-state index in [1.807, 2.05) is 39.8 Å². The summed E-state index contributed by atoms with van der Waals surface area (Å²) < 4.78 is 16.4. The molecule has 0 bridgehead atoms. The number of hydrogen-bond acceptors (Lipinski definition) is 6. The van der Waals surface area contributed by atoms with Gasteiger partial charge in [0.1, 0.15) is 11.2 Å². The summed E-state index contributed by atoms with van der Waals surface area (Å²) in [7, 11) is 0. The second-order valence-electron chi connectivity index (χ2n) is 10.6. The highest BCUT2D eigenvalue weighted by Gasteiger charge is 2.19. The number of benzene rings is 2. The third-order valence-electron chi connectivity index (χ3n) is 4.71. The molecule has 0 aliphatic carbocycles. The van der Waals surface area contributed by atoms with Crippen LogP contribution in [0.5, 0.6) is 0 Å². The maximum atomic E-state index is 11.7. The van der Waals surface area contributed by atoms with Crippen LogP contribution in [0.4, 0.5) is 0 Å². The SMILES string of the molecule is C.C1CCOC1.Cc1cc(C(=O)OC(C)(C)C)ccc1Br.Cc1cc(C(=O)OC(C)(C)C)ccc1C(=O)O. The summed E-state index contributed by atoms with van der Waals surface area (Å²) in [5.41, 5.74) is 1.71. The molecule has 212 valence electrons. The van der Waals surface area contributed by atoms with E-state index < -0.39 is 23.1 Å². The number of aryl methyl sites for hydroxylation is 2. The minimum atomic E-state index is -1.00. The van der Waals surface area contributed by atoms with Gasteiger partial charge in [-0.1, -0.05) is 23.4 Å². The predicted molar refractivity (Wildman–Crippen MR) is 154 cm³/mol. The Labute approximate surface area is 236 Å². The standard InChI is InChI=1S/C13H16O4.C12H15BrO2.C4H8O.CH4/c1-8-7-9(5-6-10(8)11(14)15)12(16)17-13(2,3)4;1-8-7-9(5-6-10(8)13)11(14)15-12(2,3)4;1-2-4-5-3-1;/h5-7H,1-4H3,(H,14,15);5-7H,1-4H3;1-4H2;1H4. The molecule has 0 amide bonds. The van der Waals surface area contributed by atoms with Gasteiger partial charge in [-0.05, 0) is 116 Å². The second kappa shape index (κ2) is 15.6. The Morgan fingerprint density at radius 2 is 1.21 bits per heavy atom. The zero-order valence-electron chi connectivity index (χ0n) is 23.1. The molecule has 1 fully saturated rings. The zero-order valence-corrected chi connectivity index (χ0v) is 24.7. The van der Waals surface area contributed by atoms with Crippen molar-refractivity contribution in [2.24, 2.45) is 0 Å². The summed E-state index contributed by atoms with van der Waals surface area (Å²) in [6, 6.07) is 9.83. The monoisotopic (exact) mass is 594 g/mol. The molecule has 1 aliphatic heterocycles. The van der Waals surface area contributed by atoms with Crippen molar-refractivity contribution >= 4 is 33.8 Å². The summed E-state index contributed by atoms with van der Waals surface area (Å²) in [4.78, 5) is 34.2. The van der Waals surface area contributed by atoms with Gasteiger partial charge in [0, 0.05) is 17.7 Å². The second-order valence-corrected chi connectivity index (χ2v) is 11.5. The molecule has 0 atom stereocenters. The van der Waals surface area contributed by atoms with Crippen LogP contribution in [0.1, 0.15) is 104 Å². The van der Waals surface area contributed by atoms with E-state index in [0.717, 1.165) is 23.2 Å². The lowest BCUT2D eigenvalue weighted by Crippen LogP contribution is -2.24. The number of aromatic carboxylic acids is 1. The smallest absolute Gasteiger partial charge is 0.338 e. The Kier molecular flexibility index (Phi) is 14.5. The maximum Gasteiger partial charge on any atom is 0.338 e. The number of ether oxygens (including phenoxy) is 3. The van der Waals surface area contributed by atoms with Crippen molar-refractivity contribution < 1.29 is 33.7 Å². The van der Waals surface area contributed by atoms with Crippen LogP contribution in [0.3, 0.4) is 0 Å². The number of carboxylic acid groups (broad SMARTS) is 1. The number of carbonyl (C=O) groups is 3. The van der Waals surface area contributed by atoms with Gasteiger partial charge >= 0.3 is 17.9 Å². The first-order chi connectivity index (χ1) is 17.0. The molecule has 1 saturated heterocycles. The van der Waals surface area contributed by atoms with Crippen LogP contribution in [-0.2, 0) is 14.2 Å². The van der Waals surface area contributed by atoms with Crippen molar-refractivity contribution in [3.05, 3.63) is 68.7 Å². The topological polar surface area (TPSA) is 99.1 Å². The first kappa shape index (κ1) is 35.3. The van der Waals surface area contributed by atoms with Gasteiger partial charge in [-0.25, -0.2) is 14.4 Å². The largest absolute Gasteiger partial charge is 0.478 e. The van der Waals surface area contributed by atoms with E-state index in [9.17, 15) is 14.4 Å². The van der Waals surface area contributed by atoms with E-state index in [0.29, 0.717) is 16.7 Å².